The average molecular weight is 286 g/mol. The van der Waals surface area contributed by atoms with Crippen LogP contribution in [0, 0.1) is 0 Å². The molecule has 2 aliphatic heterocycles. The summed E-state index contributed by atoms with van der Waals surface area (Å²) in [5.74, 6) is 0. The highest BCUT2D eigenvalue weighted by molar-refractivity contribution is 7.19. The number of benzene rings is 1. The van der Waals surface area contributed by atoms with Gasteiger partial charge in [-0.3, -0.25) is 4.90 Å². The first kappa shape index (κ1) is 12.8. The largest absolute Gasteiger partial charge is 0.317 e. The third-order valence-corrected chi connectivity index (χ3v) is 6.20. The van der Waals surface area contributed by atoms with E-state index in [0.29, 0.717) is 5.54 Å². The fraction of sp³-hybridized carbons (Fsp3) is 0.529. The molecule has 0 aliphatic carbocycles. The van der Waals surface area contributed by atoms with E-state index in [0.717, 1.165) is 6.54 Å². The minimum absolute atomic E-state index is 0.501. The Hall–Kier alpha value is -0.900. The first-order valence-corrected chi connectivity index (χ1v) is 8.61. The molecule has 0 unspecified atom stereocenters. The van der Waals surface area contributed by atoms with Crippen molar-refractivity contribution < 1.29 is 0 Å². The molecule has 1 spiro atoms. The van der Waals surface area contributed by atoms with Gasteiger partial charge in [-0.05, 0) is 62.8 Å². The first-order chi connectivity index (χ1) is 9.86. The number of rotatable bonds is 2. The van der Waals surface area contributed by atoms with Crippen molar-refractivity contribution in [3.8, 4) is 0 Å². The first-order valence-electron chi connectivity index (χ1n) is 7.79. The second-order valence-electron chi connectivity index (χ2n) is 6.25. The van der Waals surface area contributed by atoms with Gasteiger partial charge in [0.05, 0.1) is 0 Å². The van der Waals surface area contributed by atoms with Crippen LogP contribution < -0.4 is 5.32 Å². The normalized spacial score (nSPS) is 22.8. The molecule has 20 heavy (non-hydrogen) atoms. The van der Waals surface area contributed by atoms with Gasteiger partial charge >= 0.3 is 0 Å². The lowest BCUT2D eigenvalue weighted by Crippen LogP contribution is -2.50. The topological polar surface area (TPSA) is 15.3 Å². The zero-order chi connectivity index (χ0) is 13.4. The number of hydrogen-bond donors (Lipinski definition) is 1. The Morgan fingerprint density at radius 3 is 2.85 bits per heavy atom. The summed E-state index contributed by atoms with van der Waals surface area (Å²) in [6.45, 7) is 4.83. The van der Waals surface area contributed by atoms with Gasteiger partial charge in [0.2, 0.25) is 0 Å². The van der Waals surface area contributed by atoms with Gasteiger partial charge in [-0.15, -0.1) is 11.3 Å². The van der Waals surface area contributed by atoms with Crippen LogP contribution in [0.1, 0.15) is 30.6 Å². The summed E-state index contributed by atoms with van der Waals surface area (Å²) < 4.78 is 1.43. The summed E-state index contributed by atoms with van der Waals surface area (Å²) in [4.78, 5) is 4.31. The van der Waals surface area contributed by atoms with Crippen molar-refractivity contribution in [3.63, 3.8) is 0 Å². The van der Waals surface area contributed by atoms with E-state index >= 15 is 0 Å². The van der Waals surface area contributed by atoms with Gasteiger partial charge in [0.15, 0.2) is 0 Å². The van der Waals surface area contributed by atoms with Gasteiger partial charge < -0.3 is 5.32 Å². The highest BCUT2D eigenvalue weighted by Crippen LogP contribution is 2.39. The smallest absolute Gasteiger partial charge is 0.0346 e. The third-order valence-electron chi connectivity index (χ3n) is 5.10. The van der Waals surface area contributed by atoms with Crippen LogP contribution in [0.4, 0.5) is 0 Å². The fourth-order valence-corrected chi connectivity index (χ4v) is 5.08. The Balaban J connectivity index is 1.58. The minimum atomic E-state index is 0.501. The lowest BCUT2D eigenvalue weighted by molar-refractivity contribution is 0.0938. The molecule has 1 N–H and O–H groups in total. The lowest BCUT2D eigenvalue weighted by Gasteiger charge is -2.41. The number of hydrogen-bond acceptors (Lipinski definition) is 3. The van der Waals surface area contributed by atoms with Crippen LogP contribution in [0.2, 0.25) is 0 Å². The van der Waals surface area contributed by atoms with Crippen LogP contribution in [0.5, 0.6) is 0 Å². The van der Waals surface area contributed by atoms with Crippen molar-refractivity contribution in [3.05, 3.63) is 35.2 Å². The monoisotopic (exact) mass is 286 g/mol. The van der Waals surface area contributed by atoms with E-state index in [1.165, 1.54) is 60.3 Å². The molecule has 0 atom stereocenters. The minimum Gasteiger partial charge on any atom is -0.317 e. The molecular formula is C17H22N2S. The molecule has 0 amide bonds. The summed E-state index contributed by atoms with van der Waals surface area (Å²) >= 11 is 1.97. The summed E-state index contributed by atoms with van der Waals surface area (Å²) in [5, 5.41) is 4.93. The number of piperidine rings is 1. The molecule has 1 aromatic heterocycles. The molecule has 2 nitrogen and oxygen atoms in total. The van der Waals surface area contributed by atoms with Crippen molar-refractivity contribution in [1.29, 1.82) is 0 Å². The predicted octanol–water partition coefficient (Wildman–Crippen LogP) is 3.62. The van der Waals surface area contributed by atoms with E-state index in [1.54, 1.807) is 0 Å². The molecule has 106 valence electrons. The number of thiophene rings is 1. The van der Waals surface area contributed by atoms with Gasteiger partial charge in [0.1, 0.15) is 0 Å². The molecule has 3 heterocycles. The number of nitrogens with one attached hydrogen (secondary N) is 1. The maximum Gasteiger partial charge on any atom is 0.0346 e. The van der Waals surface area contributed by atoms with Crippen LogP contribution in [-0.4, -0.2) is 30.1 Å². The number of nitrogens with zero attached hydrogens (tertiary/aromatic N) is 1. The standard InChI is InChI=1S/C17H22N2S/c1-2-5-16-14(4-1)12-15(20-16)13-19-11-3-6-17(19)7-9-18-10-8-17/h1-2,4-5,12,18H,3,6-11,13H2. The maximum absolute atomic E-state index is 3.52. The molecule has 2 aromatic rings. The van der Waals surface area contributed by atoms with Crippen molar-refractivity contribution >= 4 is 21.4 Å². The third kappa shape index (κ3) is 2.18. The van der Waals surface area contributed by atoms with Crippen LogP contribution in [0.25, 0.3) is 10.1 Å². The van der Waals surface area contributed by atoms with Crippen molar-refractivity contribution in [2.24, 2.45) is 0 Å². The Kier molecular flexibility index (Phi) is 3.29. The Bertz CT molecular complexity index is 565. The average Bonchev–Trinajstić information content (AvgIpc) is 3.05. The maximum atomic E-state index is 3.52. The van der Waals surface area contributed by atoms with Crippen LogP contribution >= 0.6 is 11.3 Å². The highest BCUT2D eigenvalue weighted by Gasteiger charge is 2.41. The van der Waals surface area contributed by atoms with E-state index in [-0.39, 0.29) is 0 Å². The molecule has 0 radical (unpaired) electrons. The molecule has 2 fully saturated rings. The molecule has 4 rings (SSSR count). The second kappa shape index (κ2) is 5.14. The predicted molar refractivity (Wildman–Crippen MR) is 86.3 cm³/mol. The van der Waals surface area contributed by atoms with Gasteiger partial charge in [-0.25, -0.2) is 0 Å². The molecule has 0 bridgehead atoms. The fourth-order valence-electron chi connectivity index (χ4n) is 4.00. The molecule has 2 saturated heterocycles. The van der Waals surface area contributed by atoms with Crippen molar-refractivity contribution in [2.45, 2.75) is 37.8 Å². The van der Waals surface area contributed by atoms with E-state index in [1.807, 2.05) is 11.3 Å². The molecule has 1 aromatic carbocycles. The zero-order valence-electron chi connectivity index (χ0n) is 11.9. The molecular weight excluding hydrogens is 264 g/mol. The van der Waals surface area contributed by atoms with Crippen LogP contribution in [0.3, 0.4) is 0 Å². The second-order valence-corrected chi connectivity index (χ2v) is 7.42. The van der Waals surface area contributed by atoms with Gasteiger partial charge in [0, 0.05) is 21.7 Å². The Morgan fingerprint density at radius 2 is 2.00 bits per heavy atom. The molecule has 3 heteroatoms. The van der Waals surface area contributed by atoms with E-state index in [2.05, 4.69) is 40.5 Å². The zero-order valence-corrected chi connectivity index (χ0v) is 12.7. The Morgan fingerprint density at radius 1 is 1.15 bits per heavy atom. The van der Waals surface area contributed by atoms with Crippen molar-refractivity contribution in [2.75, 3.05) is 19.6 Å². The van der Waals surface area contributed by atoms with Crippen molar-refractivity contribution in [1.82, 2.24) is 10.2 Å². The summed E-state index contributed by atoms with van der Waals surface area (Å²) in [6.07, 6.45) is 5.44. The summed E-state index contributed by atoms with van der Waals surface area (Å²) in [5.41, 5.74) is 0.501. The Labute approximate surface area is 124 Å². The van der Waals surface area contributed by atoms with Crippen LogP contribution in [-0.2, 0) is 6.54 Å². The quantitative estimate of drug-likeness (QED) is 0.907. The van der Waals surface area contributed by atoms with Crippen LogP contribution in [0.15, 0.2) is 30.3 Å². The SMILES string of the molecule is c1ccc2sc(CN3CCCC34CCNCC4)cc2c1. The van der Waals surface area contributed by atoms with E-state index in [4.69, 9.17) is 0 Å². The van der Waals surface area contributed by atoms with Gasteiger partial charge in [-0.1, -0.05) is 18.2 Å². The number of likely N-dealkylation sites (tertiary alicyclic amines) is 1. The summed E-state index contributed by atoms with van der Waals surface area (Å²) in [7, 11) is 0. The lowest BCUT2D eigenvalue weighted by atomic mass is 9.86. The number of fused-ring (bicyclic) bond motifs is 1. The van der Waals surface area contributed by atoms with E-state index in [9.17, 15) is 0 Å². The molecule has 0 saturated carbocycles. The summed E-state index contributed by atoms with van der Waals surface area (Å²) in [6, 6.07) is 11.2. The van der Waals surface area contributed by atoms with E-state index < -0.39 is 0 Å². The molecule has 2 aliphatic rings. The van der Waals surface area contributed by atoms with Gasteiger partial charge in [-0.2, -0.15) is 0 Å². The van der Waals surface area contributed by atoms with Gasteiger partial charge in [0.25, 0.3) is 0 Å². The highest BCUT2D eigenvalue weighted by atomic mass is 32.1.